The molecule has 0 radical (unpaired) electrons. The van der Waals surface area contributed by atoms with Crippen LogP contribution in [-0.2, 0) is 0 Å². The van der Waals surface area contributed by atoms with Crippen LogP contribution in [0.5, 0.6) is 17.2 Å². The van der Waals surface area contributed by atoms with Gasteiger partial charge in [0.25, 0.3) is 0 Å². The van der Waals surface area contributed by atoms with Crippen molar-refractivity contribution in [3.05, 3.63) is 16.6 Å². The fourth-order valence-electron chi connectivity index (χ4n) is 1.79. The molecule has 3 rings (SSSR count). The summed E-state index contributed by atoms with van der Waals surface area (Å²) in [5, 5.41) is 13.9. The van der Waals surface area contributed by atoms with Gasteiger partial charge in [0.15, 0.2) is 11.5 Å². The lowest BCUT2D eigenvalue weighted by Gasteiger charge is -2.21. The van der Waals surface area contributed by atoms with Crippen LogP contribution in [0.3, 0.4) is 0 Å². The number of aromatic hydroxyl groups is 1. The number of halogens is 1. The van der Waals surface area contributed by atoms with Gasteiger partial charge in [-0.25, -0.2) is 0 Å². The molecule has 2 heterocycles. The molecule has 0 amide bonds. The van der Waals surface area contributed by atoms with Crippen LogP contribution in [0.1, 0.15) is 0 Å². The summed E-state index contributed by atoms with van der Waals surface area (Å²) in [5.41, 5.74) is 6.28. The van der Waals surface area contributed by atoms with Gasteiger partial charge < -0.3 is 24.8 Å². The Kier molecular flexibility index (Phi) is 2.55. The van der Waals surface area contributed by atoms with Crippen molar-refractivity contribution < 1.29 is 19.1 Å². The zero-order chi connectivity index (χ0) is 12.7. The summed E-state index contributed by atoms with van der Waals surface area (Å²) in [7, 11) is 0. The van der Waals surface area contributed by atoms with Crippen molar-refractivity contribution >= 4 is 21.8 Å². The molecule has 0 atom stereocenters. The minimum atomic E-state index is 0.00699. The number of nitrogens with zero attached hydrogens (tertiary/aromatic N) is 1. The number of ether oxygens (including phenoxy) is 2. The van der Waals surface area contributed by atoms with E-state index >= 15 is 0 Å². The lowest BCUT2D eigenvalue weighted by Crippen LogP contribution is -2.16. The minimum absolute atomic E-state index is 0.00699. The molecule has 0 spiro atoms. The molecule has 0 unspecified atom stereocenters. The maximum Gasteiger partial charge on any atom is 0.222 e. The predicted octanol–water partition coefficient (Wildman–Crippen LogP) is 2.16. The van der Waals surface area contributed by atoms with E-state index in [-0.39, 0.29) is 11.6 Å². The van der Waals surface area contributed by atoms with Crippen molar-refractivity contribution in [1.82, 2.24) is 5.16 Å². The van der Waals surface area contributed by atoms with E-state index in [4.69, 9.17) is 19.7 Å². The van der Waals surface area contributed by atoms with Crippen molar-refractivity contribution in [2.75, 3.05) is 18.9 Å². The molecule has 6 nitrogen and oxygen atoms in total. The van der Waals surface area contributed by atoms with Crippen molar-refractivity contribution in [3.63, 3.8) is 0 Å². The molecule has 0 saturated carbocycles. The lowest BCUT2D eigenvalue weighted by molar-refractivity contribution is 0.171. The third-order valence-electron chi connectivity index (χ3n) is 2.54. The first kappa shape index (κ1) is 11.2. The summed E-state index contributed by atoms with van der Waals surface area (Å²) < 4.78 is 16.3. The Balaban J connectivity index is 2.26. The second-order valence-electron chi connectivity index (χ2n) is 3.72. The highest BCUT2D eigenvalue weighted by atomic mass is 79.9. The van der Waals surface area contributed by atoms with Gasteiger partial charge in [-0.3, -0.25) is 0 Å². The molecule has 0 saturated heterocycles. The van der Waals surface area contributed by atoms with E-state index in [1.807, 2.05) is 0 Å². The molecule has 3 N–H and O–H groups in total. The van der Waals surface area contributed by atoms with Gasteiger partial charge in [-0.1, -0.05) is 5.16 Å². The zero-order valence-electron chi connectivity index (χ0n) is 9.14. The molecule has 1 aromatic carbocycles. The standard InChI is InChI=1S/C11H9BrN2O4/c12-5-3-7-11(17-2-1-16-7)9(10(5)15)6-4-8(13)18-14-6/h3-4,15H,1-2,13H2. The molecule has 0 fully saturated rings. The number of benzene rings is 1. The number of phenolic OH excluding ortho intramolecular Hbond substituents is 1. The molecule has 18 heavy (non-hydrogen) atoms. The second kappa shape index (κ2) is 4.09. The zero-order valence-corrected chi connectivity index (χ0v) is 10.7. The van der Waals surface area contributed by atoms with Crippen LogP contribution in [0, 0.1) is 0 Å². The predicted molar refractivity (Wildman–Crippen MR) is 66.7 cm³/mol. The van der Waals surface area contributed by atoms with Gasteiger partial charge in [-0.15, -0.1) is 0 Å². The number of hydrogen-bond donors (Lipinski definition) is 2. The first-order valence-electron chi connectivity index (χ1n) is 5.20. The van der Waals surface area contributed by atoms with E-state index in [0.717, 1.165) is 0 Å². The van der Waals surface area contributed by atoms with Crippen molar-refractivity contribution in [1.29, 1.82) is 0 Å². The third kappa shape index (κ3) is 1.67. The third-order valence-corrected chi connectivity index (χ3v) is 3.15. The van der Waals surface area contributed by atoms with Crippen molar-refractivity contribution in [2.45, 2.75) is 0 Å². The first-order valence-corrected chi connectivity index (χ1v) is 5.99. The Labute approximate surface area is 110 Å². The number of nitrogen functional groups attached to an aromatic ring is 1. The van der Waals surface area contributed by atoms with Crippen LogP contribution in [0.15, 0.2) is 21.1 Å². The van der Waals surface area contributed by atoms with Crippen LogP contribution >= 0.6 is 15.9 Å². The summed E-state index contributed by atoms with van der Waals surface area (Å²) in [6.45, 7) is 0.874. The minimum Gasteiger partial charge on any atom is -0.506 e. The highest BCUT2D eigenvalue weighted by molar-refractivity contribution is 9.10. The van der Waals surface area contributed by atoms with Gasteiger partial charge in [-0.05, 0) is 15.9 Å². The van der Waals surface area contributed by atoms with Gasteiger partial charge in [0.05, 0.1) is 10.0 Å². The molecule has 1 aromatic heterocycles. The van der Waals surface area contributed by atoms with E-state index in [9.17, 15) is 5.11 Å². The molecule has 94 valence electrons. The van der Waals surface area contributed by atoms with E-state index in [1.165, 1.54) is 6.07 Å². The Bertz CT molecular complexity index is 611. The van der Waals surface area contributed by atoms with E-state index in [0.29, 0.717) is 40.4 Å². The number of fused-ring (bicyclic) bond motifs is 1. The van der Waals surface area contributed by atoms with Crippen LogP contribution < -0.4 is 15.2 Å². The van der Waals surface area contributed by atoms with Gasteiger partial charge in [0.1, 0.15) is 24.7 Å². The SMILES string of the molecule is Nc1cc(-c2c(O)c(Br)cc3c2OCCO3)no1. The smallest absolute Gasteiger partial charge is 0.222 e. The van der Waals surface area contributed by atoms with E-state index in [2.05, 4.69) is 21.1 Å². The average molecular weight is 313 g/mol. The normalized spacial score (nSPS) is 13.6. The van der Waals surface area contributed by atoms with Crippen molar-refractivity contribution in [3.8, 4) is 28.5 Å². The molecular weight excluding hydrogens is 304 g/mol. The number of hydrogen-bond acceptors (Lipinski definition) is 6. The first-order chi connectivity index (χ1) is 8.66. The van der Waals surface area contributed by atoms with Crippen LogP contribution in [0.2, 0.25) is 0 Å². The Morgan fingerprint density at radius 2 is 2.06 bits per heavy atom. The fourth-order valence-corrected chi connectivity index (χ4v) is 2.20. The second-order valence-corrected chi connectivity index (χ2v) is 4.58. The van der Waals surface area contributed by atoms with Gasteiger partial charge in [-0.2, -0.15) is 0 Å². The fraction of sp³-hybridized carbons (Fsp3) is 0.182. The number of anilines is 1. The van der Waals surface area contributed by atoms with E-state index in [1.54, 1.807) is 6.07 Å². The van der Waals surface area contributed by atoms with Crippen LogP contribution in [0.4, 0.5) is 5.88 Å². The molecular formula is C11H9BrN2O4. The quantitative estimate of drug-likeness (QED) is 0.838. The molecule has 7 heteroatoms. The molecule has 2 aromatic rings. The average Bonchev–Trinajstić information content (AvgIpc) is 2.77. The van der Waals surface area contributed by atoms with Crippen molar-refractivity contribution in [2.24, 2.45) is 0 Å². The maximum absolute atomic E-state index is 10.1. The molecule has 0 bridgehead atoms. The number of nitrogens with two attached hydrogens (primary N) is 1. The number of phenols is 1. The monoisotopic (exact) mass is 312 g/mol. The highest BCUT2D eigenvalue weighted by Gasteiger charge is 2.25. The molecule has 0 aliphatic carbocycles. The topological polar surface area (TPSA) is 90.7 Å². The summed E-state index contributed by atoms with van der Waals surface area (Å²) in [6, 6.07) is 3.16. The Morgan fingerprint density at radius 3 is 2.78 bits per heavy atom. The summed E-state index contributed by atoms with van der Waals surface area (Å²) >= 11 is 3.25. The largest absolute Gasteiger partial charge is 0.506 e. The summed E-state index contributed by atoms with van der Waals surface area (Å²) in [6.07, 6.45) is 0. The lowest BCUT2D eigenvalue weighted by atomic mass is 10.1. The Morgan fingerprint density at radius 1 is 1.28 bits per heavy atom. The summed E-state index contributed by atoms with van der Waals surface area (Å²) in [5.74, 6) is 1.15. The number of aromatic nitrogens is 1. The van der Waals surface area contributed by atoms with Gasteiger partial charge in [0.2, 0.25) is 5.88 Å². The van der Waals surface area contributed by atoms with Gasteiger partial charge in [0, 0.05) is 12.1 Å². The van der Waals surface area contributed by atoms with Gasteiger partial charge >= 0.3 is 0 Å². The Hall–Kier alpha value is -1.89. The maximum atomic E-state index is 10.1. The van der Waals surface area contributed by atoms with Crippen LogP contribution in [0.25, 0.3) is 11.3 Å². The van der Waals surface area contributed by atoms with E-state index < -0.39 is 0 Å². The summed E-state index contributed by atoms with van der Waals surface area (Å²) in [4.78, 5) is 0. The van der Waals surface area contributed by atoms with Crippen LogP contribution in [-0.4, -0.2) is 23.5 Å². The number of rotatable bonds is 1. The molecule has 1 aliphatic rings. The highest BCUT2D eigenvalue weighted by Crippen LogP contribution is 2.48. The molecule has 1 aliphatic heterocycles.